The van der Waals surface area contributed by atoms with Crippen LogP contribution in [0.4, 0.5) is 22.7 Å². The van der Waals surface area contributed by atoms with Crippen molar-refractivity contribution in [1.82, 2.24) is 0 Å². The Hall–Kier alpha value is -3.36. The molecule has 0 fully saturated rings. The number of unbranched alkanes of at least 4 members (excludes halogenated alkanes) is 13. The maximum Gasteiger partial charge on any atom is 0.273 e. The quantitative estimate of drug-likeness (QED) is 0.0537. The fourth-order valence-corrected chi connectivity index (χ4v) is 7.37. The SMILES string of the molecule is CCCCCCCCCCCCCCCCS(=O)(=O)Nc1ccc(Cl)c(NC(=O)C(Oc2ccc(NS(=O)(=O)CC)cc2NC(=O)C(C)(C)C)C(C)=O)c1. The maximum absolute atomic E-state index is 13.4. The van der Waals surface area contributed by atoms with E-state index >= 15 is 0 Å². The smallest absolute Gasteiger partial charge is 0.273 e. The number of carbonyl (C=O) groups excluding carboxylic acids is 3. The number of anilines is 4. The Morgan fingerprint density at radius 2 is 1.17 bits per heavy atom. The monoisotopic (exact) mass is 812 g/mol. The minimum Gasteiger partial charge on any atom is -0.471 e. The number of benzene rings is 2. The lowest BCUT2D eigenvalue weighted by molar-refractivity contribution is -0.133. The highest BCUT2D eigenvalue weighted by Gasteiger charge is 2.29. The molecule has 1 atom stereocenters. The second-order valence-electron chi connectivity index (χ2n) is 14.7. The van der Waals surface area contributed by atoms with Gasteiger partial charge in [-0.15, -0.1) is 0 Å². The summed E-state index contributed by atoms with van der Waals surface area (Å²) in [6.45, 7) is 9.88. The number of halogens is 1. The van der Waals surface area contributed by atoms with E-state index in [1.807, 2.05) is 0 Å². The number of carbonyl (C=O) groups is 3. The molecule has 0 aliphatic carbocycles. The summed E-state index contributed by atoms with van der Waals surface area (Å²) in [7, 11) is -7.34. The molecule has 2 rings (SSSR count). The topological polar surface area (TPSA) is 177 Å². The largest absolute Gasteiger partial charge is 0.471 e. The summed E-state index contributed by atoms with van der Waals surface area (Å²) in [6.07, 6.45) is 14.6. The molecular formula is C39H61ClN4O8S2. The first kappa shape index (κ1) is 46.8. The zero-order chi connectivity index (χ0) is 40.4. The molecule has 0 radical (unpaired) electrons. The molecule has 2 aromatic carbocycles. The first-order valence-corrected chi connectivity index (χ1v) is 22.8. The molecule has 304 valence electrons. The van der Waals surface area contributed by atoms with Crippen molar-refractivity contribution in [3.05, 3.63) is 41.4 Å². The summed E-state index contributed by atoms with van der Waals surface area (Å²) in [5.41, 5.74) is -0.467. The average molecular weight is 814 g/mol. The van der Waals surface area contributed by atoms with Gasteiger partial charge >= 0.3 is 0 Å². The van der Waals surface area contributed by atoms with Gasteiger partial charge in [0.1, 0.15) is 5.75 Å². The Kier molecular flexibility index (Phi) is 19.8. The van der Waals surface area contributed by atoms with Crippen molar-refractivity contribution in [2.45, 2.75) is 138 Å². The number of ether oxygens (including phenoxy) is 1. The van der Waals surface area contributed by atoms with E-state index in [1.165, 1.54) is 108 Å². The standard InChI is InChI=1S/C39H61ClN4O8S2/c1-7-9-10-11-12-13-14-15-16-17-18-19-20-21-26-54(50,51)44-30-22-24-32(40)33(27-30)41-37(46)36(29(3)45)52-35-25-23-31(43-53(48,49)8-2)28-34(35)42-38(47)39(4,5)6/h22-25,27-28,36,43-44H,7-21,26H2,1-6H3,(H,41,46)(H,42,47). The van der Waals surface area contributed by atoms with Crippen LogP contribution in [0.5, 0.6) is 5.75 Å². The van der Waals surface area contributed by atoms with E-state index in [1.54, 1.807) is 20.8 Å². The van der Waals surface area contributed by atoms with Crippen LogP contribution < -0.4 is 24.8 Å². The van der Waals surface area contributed by atoms with Crippen molar-refractivity contribution in [1.29, 1.82) is 0 Å². The summed E-state index contributed by atoms with van der Waals surface area (Å²) < 4.78 is 60.8. The predicted molar refractivity (Wildman–Crippen MR) is 221 cm³/mol. The number of sulfonamides is 2. The van der Waals surface area contributed by atoms with E-state index in [0.29, 0.717) is 6.42 Å². The molecule has 0 saturated carbocycles. The highest BCUT2D eigenvalue weighted by molar-refractivity contribution is 7.92. The zero-order valence-corrected chi connectivity index (χ0v) is 35.2. The lowest BCUT2D eigenvalue weighted by atomic mass is 9.95. The van der Waals surface area contributed by atoms with Crippen molar-refractivity contribution in [3.63, 3.8) is 0 Å². The van der Waals surface area contributed by atoms with E-state index in [0.717, 1.165) is 26.2 Å². The molecule has 0 saturated heterocycles. The Labute approximate surface area is 328 Å². The third-order valence-electron chi connectivity index (χ3n) is 8.68. The number of rotatable bonds is 26. The molecule has 15 heteroatoms. The molecule has 0 aliphatic heterocycles. The molecule has 2 aromatic rings. The van der Waals surface area contributed by atoms with Gasteiger partial charge in [-0.3, -0.25) is 23.8 Å². The number of hydrogen-bond donors (Lipinski definition) is 4. The molecule has 4 N–H and O–H groups in total. The first-order valence-electron chi connectivity index (χ1n) is 19.1. The highest BCUT2D eigenvalue weighted by atomic mass is 35.5. The Morgan fingerprint density at radius 1 is 0.685 bits per heavy atom. The van der Waals surface area contributed by atoms with E-state index in [4.69, 9.17) is 16.3 Å². The maximum atomic E-state index is 13.4. The highest BCUT2D eigenvalue weighted by Crippen LogP contribution is 2.32. The van der Waals surface area contributed by atoms with E-state index in [-0.39, 0.29) is 45.0 Å². The predicted octanol–water partition coefficient (Wildman–Crippen LogP) is 9.28. The average Bonchev–Trinajstić information content (AvgIpc) is 3.08. The fraction of sp³-hybridized carbons (Fsp3) is 0.615. The molecule has 0 spiro atoms. The van der Waals surface area contributed by atoms with Crippen molar-refractivity contribution in [2.75, 3.05) is 31.6 Å². The van der Waals surface area contributed by atoms with Gasteiger partial charge in [-0.1, -0.05) is 123 Å². The minimum absolute atomic E-state index is 0.0264. The molecule has 12 nitrogen and oxygen atoms in total. The van der Waals surface area contributed by atoms with E-state index in [9.17, 15) is 31.2 Å². The van der Waals surface area contributed by atoms with E-state index < -0.39 is 49.2 Å². The van der Waals surface area contributed by atoms with Crippen molar-refractivity contribution < 1.29 is 36.0 Å². The summed E-state index contributed by atoms with van der Waals surface area (Å²) in [5, 5.41) is 5.31. The van der Waals surface area contributed by atoms with Gasteiger partial charge in [0.15, 0.2) is 5.78 Å². The van der Waals surface area contributed by atoms with Crippen LogP contribution in [0, 0.1) is 5.41 Å². The molecule has 0 aromatic heterocycles. The van der Waals surface area contributed by atoms with E-state index in [2.05, 4.69) is 27.0 Å². The van der Waals surface area contributed by atoms with Crippen LogP contribution in [0.2, 0.25) is 5.02 Å². The van der Waals surface area contributed by atoms with Gasteiger partial charge in [-0.05, 0) is 56.7 Å². The zero-order valence-electron chi connectivity index (χ0n) is 32.8. The summed E-state index contributed by atoms with van der Waals surface area (Å²) >= 11 is 6.34. The molecule has 54 heavy (non-hydrogen) atoms. The minimum atomic E-state index is -3.68. The number of hydrogen-bond acceptors (Lipinski definition) is 8. The molecule has 0 heterocycles. The Balaban J connectivity index is 2.00. The summed E-state index contributed by atoms with van der Waals surface area (Å²) in [4.78, 5) is 39.0. The third kappa shape index (κ3) is 17.9. The molecule has 0 bridgehead atoms. The lowest BCUT2D eigenvalue weighted by Crippen LogP contribution is -2.39. The van der Waals surface area contributed by atoms with Gasteiger partial charge in [0.05, 0.1) is 39.3 Å². The van der Waals surface area contributed by atoms with Gasteiger partial charge in [0, 0.05) is 5.41 Å². The van der Waals surface area contributed by atoms with Crippen LogP contribution in [0.25, 0.3) is 0 Å². The molecular weight excluding hydrogens is 752 g/mol. The van der Waals surface area contributed by atoms with Crippen molar-refractivity contribution >= 4 is 72.0 Å². The fourth-order valence-electron chi connectivity index (χ4n) is 5.40. The van der Waals surface area contributed by atoms with Gasteiger partial charge in [0.25, 0.3) is 5.91 Å². The normalized spacial score (nSPS) is 12.5. The molecule has 1 unspecified atom stereocenters. The number of amides is 2. The number of nitrogens with one attached hydrogen (secondary N) is 4. The summed E-state index contributed by atoms with van der Waals surface area (Å²) in [6, 6.07) is 8.26. The van der Waals surface area contributed by atoms with Gasteiger partial charge in [-0.25, -0.2) is 16.8 Å². The van der Waals surface area contributed by atoms with Gasteiger partial charge in [0.2, 0.25) is 32.1 Å². The Morgan fingerprint density at radius 3 is 1.67 bits per heavy atom. The second-order valence-corrected chi connectivity index (χ2v) is 19.0. The third-order valence-corrected chi connectivity index (χ3v) is 11.7. The summed E-state index contributed by atoms with van der Waals surface area (Å²) in [5.74, 6) is -2.33. The molecule has 0 aliphatic rings. The Bertz CT molecular complexity index is 1740. The van der Waals surface area contributed by atoms with Crippen LogP contribution in [-0.4, -0.2) is 52.0 Å². The van der Waals surface area contributed by atoms with Crippen LogP contribution in [0.3, 0.4) is 0 Å². The van der Waals surface area contributed by atoms with Gasteiger partial charge < -0.3 is 15.4 Å². The second kappa shape index (κ2) is 22.9. The van der Waals surface area contributed by atoms with Crippen LogP contribution in [0.15, 0.2) is 36.4 Å². The van der Waals surface area contributed by atoms with Crippen LogP contribution >= 0.6 is 11.6 Å². The lowest BCUT2D eigenvalue weighted by Gasteiger charge is -2.22. The van der Waals surface area contributed by atoms with Crippen molar-refractivity contribution in [3.8, 4) is 5.75 Å². The van der Waals surface area contributed by atoms with Crippen molar-refractivity contribution in [2.24, 2.45) is 5.41 Å². The molecule has 2 amide bonds. The number of ketones is 1. The first-order chi connectivity index (χ1) is 25.4. The van der Waals surface area contributed by atoms with Gasteiger partial charge in [-0.2, -0.15) is 0 Å². The number of Topliss-reactive ketones (excluding diaryl/α,β-unsaturated/α-hetero) is 1. The van der Waals surface area contributed by atoms with Crippen LogP contribution in [0.1, 0.15) is 131 Å². The van der Waals surface area contributed by atoms with Crippen LogP contribution in [-0.2, 0) is 34.4 Å².